The first kappa shape index (κ1) is 61.6. The van der Waals surface area contributed by atoms with Gasteiger partial charge in [-0.15, -0.1) is 0 Å². The molecule has 62 heavy (non-hydrogen) atoms. The summed E-state index contributed by atoms with van der Waals surface area (Å²) in [4.78, 5) is 51.4. The molecule has 16 nitrogen and oxygen atoms in total. The molecule has 0 radical (unpaired) electrons. The lowest BCUT2D eigenvalue weighted by atomic mass is 10.00. The third-order valence-corrected chi connectivity index (χ3v) is 10.6. The largest absolute Gasteiger partial charge is 0.463 e. The van der Waals surface area contributed by atoms with Crippen molar-refractivity contribution in [3.8, 4) is 0 Å². The van der Waals surface area contributed by atoms with Crippen LogP contribution in [0.1, 0.15) is 158 Å². The highest BCUT2D eigenvalue weighted by Gasteiger charge is 2.26. The minimum absolute atomic E-state index is 0.107. The Balaban J connectivity index is 0. The zero-order valence-electron chi connectivity index (χ0n) is 39.7. The maximum atomic E-state index is 12.9. The number of rotatable bonds is 40. The molecule has 0 saturated carbocycles. The van der Waals surface area contributed by atoms with E-state index >= 15 is 0 Å². The predicted molar refractivity (Wildman–Crippen MR) is 235 cm³/mol. The van der Waals surface area contributed by atoms with E-state index in [1.54, 1.807) is 0 Å². The molecule has 0 bridgehead atoms. The van der Waals surface area contributed by atoms with Crippen molar-refractivity contribution in [1.82, 2.24) is 0 Å². The van der Waals surface area contributed by atoms with Crippen molar-refractivity contribution in [3.05, 3.63) is 0 Å². The molecule has 0 aliphatic rings. The fourth-order valence-corrected chi connectivity index (χ4v) is 6.01. The Kier molecular flexibility index (Phi) is 42.3. The molecular weight excluding hydrogens is 808 g/mol. The molecule has 0 spiro atoms. The van der Waals surface area contributed by atoms with Gasteiger partial charge >= 0.3 is 23.9 Å². The molecule has 16 heteroatoms. The summed E-state index contributed by atoms with van der Waals surface area (Å²) in [5, 5.41) is 34.3. The number of aliphatic hydroxyl groups excluding tert-OH is 4. The Morgan fingerprint density at radius 3 is 0.742 bits per heavy atom. The van der Waals surface area contributed by atoms with Crippen molar-refractivity contribution in [3.63, 3.8) is 0 Å². The summed E-state index contributed by atoms with van der Waals surface area (Å²) in [5.41, 5.74) is 0. The first-order valence-electron chi connectivity index (χ1n) is 23.5. The van der Waals surface area contributed by atoms with Crippen LogP contribution in [0.4, 0.5) is 0 Å². The fourth-order valence-electron chi connectivity index (χ4n) is 6.01. The number of aliphatic hydroxyl groups is 4. The van der Waals surface area contributed by atoms with Gasteiger partial charge in [-0.3, -0.25) is 19.2 Å². The Labute approximate surface area is 373 Å². The summed E-state index contributed by atoms with van der Waals surface area (Å²) in [6, 6.07) is 0. The van der Waals surface area contributed by atoms with Crippen LogP contribution in [-0.4, -0.2) is 135 Å². The van der Waals surface area contributed by atoms with Crippen LogP contribution in [0.5, 0.6) is 0 Å². The Hall–Kier alpha value is -2.44. The average Bonchev–Trinajstić information content (AvgIpc) is 3.28. The van der Waals surface area contributed by atoms with E-state index in [0.29, 0.717) is 25.7 Å². The van der Waals surface area contributed by atoms with Crippen LogP contribution in [-0.2, 0) is 57.1 Å². The van der Waals surface area contributed by atoms with Gasteiger partial charge in [0, 0.05) is 0 Å². The van der Waals surface area contributed by atoms with Crippen molar-refractivity contribution in [2.45, 2.75) is 183 Å². The molecule has 0 amide bonds. The fraction of sp³-hybridized carbons (Fsp3) is 0.913. The van der Waals surface area contributed by atoms with Gasteiger partial charge in [0.1, 0.15) is 64.4 Å². The smallest absolute Gasteiger partial charge is 0.309 e. The molecule has 0 aliphatic heterocycles. The molecule has 0 aliphatic carbocycles. The van der Waals surface area contributed by atoms with Gasteiger partial charge < -0.3 is 58.3 Å². The number of carbonyl (C=O) groups is 4. The van der Waals surface area contributed by atoms with E-state index in [4.69, 9.17) is 58.3 Å². The van der Waals surface area contributed by atoms with Gasteiger partial charge in [0.15, 0.2) is 0 Å². The molecule has 0 aromatic heterocycles. The van der Waals surface area contributed by atoms with Crippen LogP contribution in [0, 0.1) is 23.7 Å². The molecule has 0 saturated heterocycles. The van der Waals surface area contributed by atoms with Gasteiger partial charge in [0.2, 0.25) is 0 Å². The van der Waals surface area contributed by atoms with Crippen molar-refractivity contribution in [2.75, 3.05) is 66.4 Å². The van der Waals surface area contributed by atoms with E-state index in [9.17, 15) is 19.2 Å². The lowest BCUT2D eigenvalue weighted by Crippen LogP contribution is -2.35. The van der Waals surface area contributed by atoms with Crippen LogP contribution < -0.4 is 0 Å². The summed E-state index contributed by atoms with van der Waals surface area (Å²) in [6.07, 6.45) is 10.4. The first-order valence-corrected chi connectivity index (χ1v) is 23.5. The molecule has 0 rings (SSSR count). The highest BCUT2D eigenvalue weighted by molar-refractivity contribution is 5.73. The van der Waals surface area contributed by atoms with Crippen LogP contribution in [0.25, 0.3) is 0 Å². The van der Waals surface area contributed by atoms with E-state index in [0.717, 1.165) is 77.0 Å². The molecule has 4 atom stereocenters. The highest BCUT2D eigenvalue weighted by Crippen LogP contribution is 2.19. The van der Waals surface area contributed by atoms with Crippen molar-refractivity contribution in [2.24, 2.45) is 23.7 Å². The third-order valence-electron chi connectivity index (χ3n) is 10.6. The van der Waals surface area contributed by atoms with E-state index in [1.165, 1.54) is 0 Å². The monoisotopic (exact) mass is 897 g/mol. The molecule has 0 aromatic carbocycles. The molecule has 0 fully saturated rings. The maximum Gasteiger partial charge on any atom is 0.309 e. The van der Waals surface area contributed by atoms with Crippen molar-refractivity contribution >= 4 is 23.9 Å². The Morgan fingerprint density at radius 1 is 0.355 bits per heavy atom. The second-order valence-electron chi connectivity index (χ2n) is 15.6. The first-order chi connectivity index (χ1) is 29.9. The Morgan fingerprint density at radius 2 is 0.565 bits per heavy atom. The van der Waals surface area contributed by atoms with E-state index in [2.05, 4.69) is 27.7 Å². The summed E-state index contributed by atoms with van der Waals surface area (Å²) >= 11 is 0. The zero-order chi connectivity index (χ0) is 47.0. The minimum atomic E-state index is -0.775. The molecule has 4 unspecified atom stereocenters. The van der Waals surface area contributed by atoms with Gasteiger partial charge in [-0.25, -0.2) is 0 Å². The average molecular weight is 897 g/mol. The zero-order valence-corrected chi connectivity index (χ0v) is 39.7. The minimum Gasteiger partial charge on any atom is -0.463 e. The van der Waals surface area contributed by atoms with Gasteiger partial charge in [0.05, 0.1) is 50.1 Å². The molecule has 4 N–H and O–H groups in total. The number of hydrogen-bond donors (Lipinski definition) is 4. The highest BCUT2D eigenvalue weighted by atomic mass is 16.7. The lowest BCUT2D eigenvalue weighted by Gasteiger charge is -2.24. The number of carbonyl (C=O) groups excluding carboxylic acids is 4. The summed E-state index contributed by atoms with van der Waals surface area (Å²) in [5.74, 6) is -2.04. The van der Waals surface area contributed by atoms with Crippen molar-refractivity contribution in [1.29, 1.82) is 0 Å². The maximum absolute atomic E-state index is 12.9. The number of hydrogen-bond acceptors (Lipinski definition) is 16. The molecular formula is C46H88O16. The Bertz CT molecular complexity index is 926. The van der Waals surface area contributed by atoms with Crippen LogP contribution in [0.3, 0.4) is 0 Å². The van der Waals surface area contributed by atoms with Crippen LogP contribution in [0.15, 0.2) is 0 Å². The van der Waals surface area contributed by atoms with Gasteiger partial charge in [-0.1, -0.05) is 107 Å². The predicted octanol–water partition coefficient (Wildman–Crippen LogP) is 6.44. The summed E-state index contributed by atoms with van der Waals surface area (Å²) < 4.78 is 44.2. The van der Waals surface area contributed by atoms with Gasteiger partial charge in [0.25, 0.3) is 0 Å². The van der Waals surface area contributed by atoms with E-state index < -0.39 is 24.4 Å². The molecule has 0 heterocycles. The normalized spacial score (nSPS) is 14.3. The standard InChI is InChI=1S/C39H72O10.C7H16O6/c1-9-17-21-30(13-5)36(40)44-25-34(26-45-37(41)31(14-6)22-18-10-2)48-29-49-35(27-46-38(42)32(15-7)23-19-11-3)28-47-39(43)33(16-8)24-20-12-4;8-1-6(2-9)12-5-13-7(3-10)4-11/h30-35H,9-29H2,1-8H3;6-11H,1-5H2. The summed E-state index contributed by atoms with van der Waals surface area (Å²) in [6.45, 7) is 14.1. The topological polar surface area (TPSA) is 223 Å². The SMILES string of the molecule is CCCCC(CC)C(=O)OCC(COC(=O)C(CC)CCCC)OCOC(COC(=O)C(CC)CCCC)COC(=O)C(CC)CCCC.OCC(CO)OCOC(CO)CO. The van der Waals surface area contributed by atoms with Crippen molar-refractivity contribution < 1.29 is 77.5 Å². The van der Waals surface area contributed by atoms with Crippen LogP contribution in [0.2, 0.25) is 0 Å². The van der Waals surface area contributed by atoms with E-state index in [-0.39, 0.29) is 114 Å². The number of ether oxygens (including phenoxy) is 8. The second kappa shape index (κ2) is 42.5. The third kappa shape index (κ3) is 30.6. The summed E-state index contributed by atoms with van der Waals surface area (Å²) in [7, 11) is 0. The van der Waals surface area contributed by atoms with Gasteiger partial charge in [-0.05, 0) is 51.4 Å². The van der Waals surface area contributed by atoms with E-state index in [1.807, 2.05) is 27.7 Å². The molecule has 0 aromatic rings. The molecule has 368 valence electrons. The number of unbranched alkanes of at least 4 members (excludes halogenated alkanes) is 4. The van der Waals surface area contributed by atoms with Crippen LogP contribution >= 0.6 is 0 Å². The van der Waals surface area contributed by atoms with Gasteiger partial charge in [-0.2, -0.15) is 0 Å². The lowest BCUT2D eigenvalue weighted by molar-refractivity contribution is -0.186. The number of esters is 4. The second-order valence-corrected chi connectivity index (χ2v) is 15.6. The quantitative estimate of drug-likeness (QED) is 0.0295.